The number of likely N-dealkylation sites (tertiary alicyclic amines) is 1. The van der Waals surface area contributed by atoms with E-state index in [9.17, 15) is 0 Å². The van der Waals surface area contributed by atoms with Crippen LogP contribution in [0, 0.1) is 0 Å². The standard InChI is InChI=1S/C21H27N3/c1-2-9-18(10-3-1)17-24-16-5-4-12-20(24)19-11-8-13-22-21(19)23-14-6-7-15-23/h1-3,8-11,13,20H,4-7,12,14-17H2/t20-/m1/s1. The second kappa shape index (κ2) is 7.35. The maximum absolute atomic E-state index is 4.78. The SMILES string of the molecule is c1ccc(CN2CCCC[C@@H]2c2cccnc2N2CCCC2)cc1. The van der Waals surface area contributed by atoms with Crippen LogP contribution in [0.25, 0.3) is 0 Å². The van der Waals surface area contributed by atoms with E-state index in [0.717, 1.165) is 19.6 Å². The zero-order valence-corrected chi connectivity index (χ0v) is 14.4. The van der Waals surface area contributed by atoms with Crippen molar-refractivity contribution in [2.24, 2.45) is 0 Å². The summed E-state index contributed by atoms with van der Waals surface area (Å²) in [6.45, 7) is 4.55. The molecule has 3 nitrogen and oxygen atoms in total. The van der Waals surface area contributed by atoms with Crippen molar-refractivity contribution in [1.29, 1.82) is 0 Å². The fourth-order valence-corrected chi connectivity index (χ4v) is 4.21. The minimum Gasteiger partial charge on any atom is -0.356 e. The lowest BCUT2D eigenvalue weighted by molar-refractivity contribution is 0.140. The van der Waals surface area contributed by atoms with Crippen LogP contribution in [0.3, 0.4) is 0 Å². The Bertz CT molecular complexity index is 649. The molecule has 2 aliphatic heterocycles. The molecule has 126 valence electrons. The van der Waals surface area contributed by atoms with E-state index in [-0.39, 0.29) is 0 Å². The summed E-state index contributed by atoms with van der Waals surface area (Å²) in [6, 6.07) is 15.8. The first-order valence-electron chi connectivity index (χ1n) is 9.40. The molecule has 1 aromatic carbocycles. The summed E-state index contributed by atoms with van der Waals surface area (Å²) >= 11 is 0. The van der Waals surface area contributed by atoms with Gasteiger partial charge in [0.2, 0.25) is 0 Å². The van der Waals surface area contributed by atoms with Gasteiger partial charge in [-0.3, -0.25) is 4.90 Å². The van der Waals surface area contributed by atoms with Crippen LogP contribution in [-0.2, 0) is 6.54 Å². The Kier molecular flexibility index (Phi) is 4.79. The molecule has 2 aliphatic rings. The van der Waals surface area contributed by atoms with Crippen molar-refractivity contribution in [2.45, 2.75) is 44.7 Å². The quantitative estimate of drug-likeness (QED) is 0.831. The van der Waals surface area contributed by atoms with Crippen molar-refractivity contribution in [3.05, 3.63) is 59.8 Å². The summed E-state index contributed by atoms with van der Waals surface area (Å²) in [4.78, 5) is 9.93. The molecule has 2 aromatic rings. The molecule has 0 saturated carbocycles. The third-order valence-corrected chi connectivity index (χ3v) is 5.42. The highest BCUT2D eigenvalue weighted by Gasteiger charge is 2.28. The second-order valence-corrected chi connectivity index (χ2v) is 7.08. The zero-order valence-electron chi connectivity index (χ0n) is 14.4. The highest BCUT2D eigenvalue weighted by molar-refractivity contribution is 5.49. The van der Waals surface area contributed by atoms with E-state index < -0.39 is 0 Å². The van der Waals surface area contributed by atoms with Crippen molar-refractivity contribution in [3.8, 4) is 0 Å². The van der Waals surface area contributed by atoms with Crippen LogP contribution in [-0.4, -0.2) is 29.5 Å². The Morgan fingerprint density at radius 1 is 0.875 bits per heavy atom. The van der Waals surface area contributed by atoms with E-state index in [0.29, 0.717) is 6.04 Å². The molecule has 3 heterocycles. The lowest BCUT2D eigenvalue weighted by Crippen LogP contribution is -2.34. The third kappa shape index (κ3) is 3.32. The van der Waals surface area contributed by atoms with Crippen molar-refractivity contribution in [1.82, 2.24) is 9.88 Å². The first-order chi connectivity index (χ1) is 11.9. The molecular formula is C21H27N3. The number of piperidine rings is 1. The van der Waals surface area contributed by atoms with Crippen molar-refractivity contribution in [3.63, 3.8) is 0 Å². The van der Waals surface area contributed by atoms with Gasteiger partial charge in [-0.25, -0.2) is 4.98 Å². The van der Waals surface area contributed by atoms with Crippen LogP contribution in [0.4, 0.5) is 5.82 Å². The fraction of sp³-hybridized carbons (Fsp3) is 0.476. The minimum atomic E-state index is 0.503. The van der Waals surface area contributed by atoms with Crippen molar-refractivity contribution >= 4 is 5.82 Å². The Morgan fingerprint density at radius 2 is 1.67 bits per heavy atom. The summed E-state index contributed by atoms with van der Waals surface area (Å²) in [6.07, 6.45) is 8.44. The van der Waals surface area contributed by atoms with Gasteiger partial charge in [-0.05, 0) is 43.9 Å². The van der Waals surface area contributed by atoms with Crippen LogP contribution in [0.5, 0.6) is 0 Å². The van der Waals surface area contributed by atoms with E-state index >= 15 is 0 Å². The van der Waals surface area contributed by atoms with Crippen LogP contribution < -0.4 is 4.90 Å². The molecule has 2 saturated heterocycles. The van der Waals surface area contributed by atoms with E-state index in [4.69, 9.17) is 4.98 Å². The normalized spacial score (nSPS) is 22.0. The average Bonchev–Trinajstić information content (AvgIpc) is 3.18. The van der Waals surface area contributed by atoms with E-state index in [2.05, 4.69) is 52.3 Å². The molecule has 0 spiro atoms. The number of pyridine rings is 1. The monoisotopic (exact) mass is 321 g/mol. The second-order valence-electron chi connectivity index (χ2n) is 7.08. The van der Waals surface area contributed by atoms with Gasteiger partial charge in [0.05, 0.1) is 0 Å². The van der Waals surface area contributed by atoms with Crippen molar-refractivity contribution in [2.75, 3.05) is 24.5 Å². The smallest absolute Gasteiger partial charge is 0.133 e. The van der Waals surface area contributed by atoms with Crippen LogP contribution in [0.2, 0.25) is 0 Å². The largest absolute Gasteiger partial charge is 0.356 e. The first-order valence-corrected chi connectivity index (χ1v) is 9.40. The van der Waals surface area contributed by atoms with Gasteiger partial charge in [-0.15, -0.1) is 0 Å². The van der Waals surface area contributed by atoms with Crippen LogP contribution >= 0.6 is 0 Å². The number of rotatable bonds is 4. The number of benzene rings is 1. The number of nitrogens with zero attached hydrogens (tertiary/aromatic N) is 3. The molecule has 0 aliphatic carbocycles. The molecule has 0 N–H and O–H groups in total. The Balaban J connectivity index is 1.61. The highest BCUT2D eigenvalue weighted by Crippen LogP contribution is 2.37. The fourth-order valence-electron chi connectivity index (χ4n) is 4.21. The molecule has 1 aromatic heterocycles. The average molecular weight is 321 g/mol. The van der Waals surface area contributed by atoms with Gasteiger partial charge < -0.3 is 4.90 Å². The molecule has 4 rings (SSSR count). The molecule has 2 fully saturated rings. The Labute approximate surface area is 145 Å². The molecule has 0 bridgehead atoms. The van der Waals surface area contributed by atoms with E-state index in [1.54, 1.807) is 0 Å². The summed E-state index contributed by atoms with van der Waals surface area (Å²) in [5.74, 6) is 1.24. The molecule has 3 heteroatoms. The van der Waals surface area contributed by atoms with E-state index in [1.165, 1.54) is 55.6 Å². The van der Waals surface area contributed by atoms with Gasteiger partial charge in [-0.1, -0.05) is 42.8 Å². The summed E-state index contributed by atoms with van der Waals surface area (Å²) in [7, 11) is 0. The summed E-state index contributed by atoms with van der Waals surface area (Å²) in [5, 5.41) is 0. The maximum atomic E-state index is 4.78. The molecule has 24 heavy (non-hydrogen) atoms. The molecule has 0 amide bonds. The maximum Gasteiger partial charge on any atom is 0.133 e. The number of anilines is 1. The number of hydrogen-bond acceptors (Lipinski definition) is 3. The van der Waals surface area contributed by atoms with Gasteiger partial charge in [0.15, 0.2) is 0 Å². The Morgan fingerprint density at radius 3 is 2.50 bits per heavy atom. The lowest BCUT2D eigenvalue weighted by atomic mass is 9.94. The predicted molar refractivity (Wildman–Crippen MR) is 99.1 cm³/mol. The third-order valence-electron chi connectivity index (χ3n) is 5.42. The molecule has 0 unspecified atom stereocenters. The highest BCUT2D eigenvalue weighted by atomic mass is 15.2. The number of aromatic nitrogens is 1. The summed E-state index contributed by atoms with van der Waals surface area (Å²) < 4.78 is 0. The Hall–Kier alpha value is -1.87. The van der Waals surface area contributed by atoms with Crippen LogP contribution in [0.15, 0.2) is 48.7 Å². The zero-order chi connectivity index (χ0) is 16.2. The molecule has 1 atom stereocenters. The predicted octanol–water partition coefficient (Wildman–Crippen LogP) is 4.41. The lowest BCUT2D eigenvalue weighted by Gasteiger charge is -2.37. The van der Waals surface area contributed by atoms with Gasteiger partial charge in [0.1, 0.15) is 5.82 Å². The van der Waals surface area contributed by atoms with Gasteiger partial charge in [0, 0.05) is 37.4 Å². The van der Waals surface area contributed by atoms with E-state index in [1.807, 2.05) is 6.20 Å². The molecular weight excluding hydrogens is 294 g/mol. The topological polar surface area (TPSA) is 19.4 Å². The van der Waals surface area contributed by atoms with Gasteiger partial charge >= 0.3 is 0 Å². The van der Waals surface area contributed by atoms with Gasteiger partial charge in [0.25, 0.3) is 0 Å². The van der Waals surface area contributed by atoms with Gasteiger partial charge in [-0.2, -0.15) is 0 Å². The van der Waals surface area contributed by atoms with Crippen LogP contribution in [0.1, 0.15) is 49.3 Å². The summed E-state index contributed by atoms with van der Waals surface area (Å²) in [5.41, 5.74) is 2.85. The number of hydrogen-bond donors (Lipinski definition) is 0. The first kappa shape index (κ1) is 15.6. The van der Waals surface area contributed by atoms with Crippen molar-refractivity contribution < 1.29 is 0 Å². The molecule has 0 radical (unpaired) electrons. The minimum absolute atomic E-state index is 0.503.